The summed E-state index contributed by atoms with van der Waals surface area (Å²) in [6, 6.07) is 11.1. The maximum absolute atomic E-state index is 14.4. The molecule has 0 aromatic heterocycles. The fourth-order valence-electron chi connectivity index (χ4n) is 12.5. The standard InChI is InChI=1S/2C20H26ClF.C20H26F2/c1-13-3-6-15(7-4-13)16-8-10-17(11-9-16)18-12-5-14(2)20(22)19(18)21;2*1-13-3-6-15(7-4-13)16-8-10-17(11-9-16)18-12-5-14(2)19(21)20(18)22/h3*5,10,12-13,15-16H,3-4,6-9,11H2,1-2H3. The van der Waals surface area contributed by atoms with E-state index in [4.69, 9.17) is 23.2 Å². The van der Waals surface area contributed by atoms with Gasteiger partial charge in [-0.3, -0.25) is 0 Å². The van der Waals surface area contributed by atoms with Crippen LogP contribution in [0.3, 0.4) is 0 Å². The largest absolute Gasteiger partial charge is 0.205 e. The molecule has 3 aromatic carbocycles. The Morgan fingerprint density at radius 3 is 1.06 bits per heavy atom. The van der Waals surface area contributed by atoms with E-state index in [1.807, 2.05) is 31.2 Å². The van der Waals surface area contributed by atoms with Gasteiger partial charge in [-0.05, 0) is 209 Å². The molecular weight excluding hydrogens is 868 g/mol. The molecule has 0 nitrogen and oxygen atoms in total. The Balaban J connectivity index is 0.000000147. The van der Waals surface area contributed by atoms with Crippen LogP contribution in [0.25, 0.3) is 16.7 Å². The molecule has 0 bridgehead atoms. The number of hydrogen-bond donors (Lipinski definition) is 0. The molecule has 3 saturated carbocycles. The molecule has 6 heteroatoms. The van der Waals surface area contributed by atoms with Crippen LogP contribution in [-0.4, -0.2) is 0 Å². The first kappa shape index (κ1) is 51.0. The molecule has 0 aliphatic heterocycles. The van der Waals surface area contributed by atoms with Gasteiger partial charge < -0.3 is 0 Å². The first-order chi connectivity index (χ1) is 31.7. The van der Waals surface area contributed by atoms with E-state index >= 15 is 0 Å². The first-order valence-corrected chi connectivity index (χ1v) is 26.9. The molecule has 0 heterocycles. The number of benzene rings is 3. The molecule has 66 heavy (non-hydrogen) atoms. The van der Waals surface area contributed by atoms with E-state index in [-0.39, 0.29) is 16.7 Å². The van der Waals surface area contributed by atoms with E-state index < -0.39 is 11.6 Å². The lowest BCUT2D eigenvalue weighted by Crippen LogP contribution is -2.22. The molecular formula is C60H78Cl2F4. The van der Waals surface area contributed by atoms with Crippen LogP contribution in [0.2, 0.25) is 10.0 Å². The predicted molar refractivity (Wildman–Crippen MR) is 273 cm³/mol. The Morgan fingerprint density at radius 1 is 0.348 bits per heavy atom. The molecule has 3 atom stereocenters. The van der Waals surface area contributed by atoms with Crippen LogP contribution in [0.15, 0.2) is 54.6 Å². The monoisotopic (exact) mass is 945 g/mol. The molecule has 0 saturated heterocycles. The Bertz CT molecular complexity index is 1950. The highest BCUT2D eigenvalue weighted by Crippen LogP contribution is 2.45. The van der Waals surface area contributed by atoms with Gasteiger partial charge in [-0.2, -0.15) is 0 Å². The lowest BCUT2D eigenvalue weighted by molar-refractivity contribution is 0.202. The number of rotatable bonds is 6. The van der Waals surface area contributed by atoms with Crippen molar-refractivity contribution in [2.24, 2.45) is 53.3 Å². The summed E-state index contributed by atoms with van der Waals surface area (Å²) in [5, 5.41) is 0.581. The van der Waals surface area contributed by atoms with Crippen molar-refractivity contribution >= 4 is 39.9 Å². The quantitative estimate of drug-likeness (QED) is 0.216. The minimum Gasteiger partial charge on any atom is -0.205 e. The van der Waals surface area contributed by atoms with E-state index in [0.29, 0.717) is 27.3 Å². The third-order valence-electron chi connectivity index (χ3n) is 17.4. The third kappa shape index (κ3) is 12.7. The minimum absolute atomic E-state index is 0.238. The number of aryl methyl sites for hydroxylation is 3. The van der Waals surface area contributed by atoms with Gasteiger partial charge in [0, 0.05) is 11.1 Å². The summed E-state index contributed by atoms with van der Waals surface area (Å²) in [4.78, 5) is 0. The van der Waals surface area contributed by atoms with Crippen LogP contribution in [0.1, 0.15) is 189 Å². The van der Waals surface area contributed by atoms with Crippen LogP contribution < -0.4 is 0 Å². The minimum atomic E-state index is -0.693. The third-order valence-corrected chi connectivity index (χ3v) is 18.2. The van der Waals surface area contributed by atoms with Gasteiger partial charge in [0.15, 0.2) is 11.6 Å². The smallest absolute Gasteiger partial charge is 0.166 e. The molecule has 9 rings (SSSR count). The summed E-state index contributed by atoms with van der Waals surface area (Å²) < 4.78 is 56.2. The van der Waals surface area contributed by atoms with E-state index in [2.05, 4.69) is 39.0 Å². The van der Waals surface area contributed by atoms with Crippen LogP contribution in [0.4, 0.5) is 17.6 Å². The Hall–Kier alpha value is -2.82. The fourth-order valence-corrected chi connectivity index (χ4v) is 13.0. The van der Waals surface area contributed by atoms with Gasteiger partial charge in [0.1, 0.15) is 11.6 Å². The van der Waals surface area contributed by atoms with Crippen molar-refractivity contribution in [1.82, 2.24) is 0 Å². The van der Waals surface area contributed by atoms with Crippen LogP contribution in [-0.2, 0) is 0 Å². The van der Waals surface area contributed by atoms with Crippen molar-refractivity contribution in [1.29, 1.82) is 0 Å². The summed E-state index contributed by atoms with van der Waals surface area (Å²) in [5.41, 5.74) is 7.30. The molecule has 3 unspecified atom stereocenters. The summed E-state index contributed by atoms with van der Waals surface area (Å²) in [7, 11) is 0. The first-order valence-electron chi connectivity index (χ1n) is 26.1. The SMILES string of the molecule is Cc1ccc(C2=CCC(C3CCC(C)CC3)CC2)c(Cl)c1F.Cc1ccc(C2=CCC(C3CCC(C)CC3)CC2)c(F)c1Cl.Cc1ccc(C2=CCC(C3CCC(C)CC3)CC2)c(F)c1F. The van der Waals surface area contributed by atoms with Crippen LogP contribution >= 0.6 is 23.2 Å². The van der Waals surface area contributed by atoms with E-state index in [1.165, 1.54) is 95.5 Å². The van der Waals surface area contributed by atoms with Crippen molar-refractivity contribution in [2.75, 3.05) is 0 Å². The average Bonchev–Trinajstić information content (AvgIpc) is 3.33. The Kier molecular flexibility index (Phi) is 18.3. The second-order valence-corrected chi connectivity index (χ2v) is 22.8. The van der Waals surface area contributed by atoms with Gasteiger partial charge >= 0.3 is 0 Å². The van der Waals surface area contributed by atoms with Crippen LogP contribution in [0.5, 0.6) is 0 Å². The second-order valence-electron chi connectivity index (χ2n) is 22.0. The van der Waals surface area contributed by atoms with Crippen molar-refractivity contribution in [3.63, 3.8) is 0 Å². The summed E-state index contributed by atoms with van der Waals surface area (Å²) >= 11 is 12.3. The van der Waals surface area contributed by atoms with E-state index in [9.17, 15) is 17.6 Å². The molecule has 6 aliphatic rings. The van der Waals surface area contributed by atoms with E-state index in [0.717, 1.165) is 120 Å². The maximum Gasteiger partial charge on any atom is 0.166 e. The van der Waals surface area contributed by atoms with Gasteiger partial charge in [-0.1, -0.05) is 137 Å². The van der Waals surface area contributed by atoms with E-state index in [1.54, 1.807) is 26.0 Å². The van der Waals surface area contributed by atoms with Gasteiger partial charge in [0.05, 0.1) is 10.0 Å². The van der Waals surface area contributed by atoms with Gasteiger partial charge in [-0.15, -0.1) is 0 Å². The normalized spacial score (nSPS) is 29.3. The zero-order valence-corrected chi connectivity index (χ0v) is 42.5. The topological polar surface area (TPSA) is 0 Å². The highest BCUT2D eigenvalue weighted by Gasteiger charge is 2.31. The summed E-state index contributed by atoms with van der Waals surface area (Å²) in [5.74, 6) is 5.86. The van der Waals surface area contributed by atoms with Gasteiger partial charge in [-0.25, -0.2) is 17.6 Å². The average molecular weight is 946 g/mol. The van der Waals surface area contributed by atoms with Gasteiger partial charge in [0.2, 0.25) is 0 Å². The lowest BCUT2D eigenvalue weighted by atomic mass is 9.71. The predicted octanol–water partition coefficient (Wildman–Crippen LogP) is 19.9. The molecule has 3 fully saturated rings. The Morgan fingerprint density at radius 2 is 0.682 bits per heavy atom. The second kappa shape index (κ2) is 23.7. The number of hydrogen-bond acceptors (Lipinski definition) is 0. The number of allylic oxidation sites excluding steroid dienone is 6. The van der Waals surface area contributed by atoms with Crippen LogP contribution in [0, 0.1) is 97.3 Å². The summed E-state index contributed by atoms with van der Waals surface area (Å²) in [6.07, 6.45) is 33.1. The molecule has 6 aliphatic carbocycles. The van der Waals surface area contributed by atoms with Crippen molar-refractivity contribution < 1.29 is 17.6 Å². The van der Waals surface area contributed by atoms with Crippen molar-refractivity contribution in [3.8, 4) is 0 Å². The summed E-state index contributed by atoms with van der Waals surface area (Å²) in [6.45, 7) is 12.3. The molecule has 0 spiro atoms. The maximum atomic E-state index is 14.4. The van der Waals surface area contributed by atoms with Crippen molar-refractivity contribution in [3.05, 3.63) is 121 Å². The molecule has 0 amide bonds. The highest BCUT2D eigenvalue weighted by molar-refractivity contribution is 6.32. The molecule has 3 aromatic rings. The van der Waals surface area contributed by atoms with Gasteiger partial charge in [0.25, 0.3) is 0 Å². The fraction of sp³-hybridized carbons (Fsp3) is 0.600. The van der Waals surface area contributed by atoms with Crippen molar-refractivity contribution in [2.45, 2.75) is 176 Å². The zero-order valence-electron chi connectivity index (χ0n) is 41.0. The molecule has 0 N–H and O–H groups in total. The number of halogens is 6. The molecule has 0 radical (unpaired) electrons. The zero-order chi connectivity index (χ0) is 47.1. The molecule has 360 valence electrons. The lowest BCUT2D eigenvalue weighted by Gasteiger charge is -2.34. The highest BCUT2D eigenvalue weighted by atomic mass is 35.5. The Labute approximate surface area is 406 Å².